The van der Waals surface area contributed by atoms with Gasteiger partial charge in [-0.05, 0) is 40.7 Å². The zero-order chi connectivity index (χ0) is 23.1. The predicted molar refractivity (Wildman–Crippen MR) is 130 cm³/mol. The third-order valence-electron chi connectivity index (χ3n) is 5.74. The summed E-state index contributed by atoms with van der Waals surface area (Å²) in [5, 5.41) is 4.92. The van der Waals surface area contributed by atoms with Crippen molar-refractivity contribution in [3.63, 3.8) is 0 Å². The second kappa shape index (κ2) is 10.9. The second-order valence-corrected chi connectivity index (χ2v) is 8.66. The highest BCUT2D eigenvalue weighted by atomic mass is 16.2. The number of hydrogen-bond donors (Lipinski definition) is 2. The standard InChI is InChI=1S/C27H33N3O2/c1-19(2)16-25(26(31)29-3)30(27(32)24(28)17-20-10-5-4-6-11-20)18-22-14-9-13-21-12-7-8-15-23(21)22/h4-15,19,24-25H,16-18,28H2,1-3H3,(H,29,31)/t24-,25-/m0/s1. The van der Waals surface area contributed by atoms with Crippen LogP contribution in [0.1, 0.15) is 31.4 Å². The van der Waals surface area contributed by atoms with Crippen LogP contribution in [0.5, 0.6) is 0 Å². The topological polar surface area (TPSA) is 75.4 Å². The quantitative estimate of drug-likeness (QED) is 0.540. The molecule has 0 heterocycles. The van der Waals surface area contributed by atoms with Crippen LogP contribution in [0.3, 0.4) is 0 Å². The van der Waals surface area contributed by atoms with E-state index in [-0.39, 0.29) is 17.7 Å². The lowest BCUT2D eigenvalue weighted by molar-refractivity contribution is -0.142. The van der Waals surface area contributed by atoms with Crippen molar-refractivity contribution in [3.05, 3.63) is 83.9 Å². The Labute approximate surface area is 190 Å². The first-order valence-corrected chi connectivity index (χ1v) is 11.2. The highest BCUT2D eigenvalue weighted by molar-refractivity contribution is 5.91. The summed E-state index contributed by atoms with van der Waals surface area (Å²) in [6.07, 6.45) is 0.988. The maximum absolute atomic E-state index is 13.7. The van der Waals surface area contributed by atoms with E-state index in [2.05, 4.69) is 37.4 Å². The van der Waals surface area contributed by atoms with Crippen molar-refractivity contribution in [2.24, 2.45) is 11.7 Å². The molecule has 3 N–H and O–H groups in total. The Balaban J connectivity index is 1.97. The van der Waals surface area contributed by atoms with E-state index in [1.54, 1.807) is 11.9 Å². The molecule has 168 valence electrons. The van der Waals surface area contributed by atoms with Gasteiger partial charge in [-0.1, -0.05) is 86.6 Å². The normalized spacial score (nSPS) is 13.0. The van der Waals surface area contributed by atoms with Gasteiger partial charge in [0.05, 0.1) is 6.04 Å². The van der Waals surface area contributed by atoms with Crippen molar-refractivity contribution in [1.82, 2.24) is 10.2 Å². The number of fused-ring (bicyclic) bond motifs is 1. The number of nitrogens with two attached hydrogens (primary N) is 1. The van der Waals surface area contributed by atoms with Crippen LogP contribution in [0, 0.1) is 5.92 Å². The fraction of sp³-hybridized carbons (Fsp3) is 0.333. The van der Waals surface area contributed by atoms with Crippen molar-refractivity contribution in [2.75, 3.05) is 7.05 Å². The molecule has 0 spiro atoms. The molecule has 0 aliphatic rings. The third-order valence-corrected chi connectivity index (χ3v) is 5.74. The van der Waals surface area contributed by atoms with Gasteiger partial charge in [0.2, 0.25) is 11.8 Å². The lowest BCUT2D eigenvalue weighted by Crippen LogP contribution is -2.54. The van der Waals surface area contributed by atoms with Crippen molar-refractivity contribution in [1.29, 1.82) is 0 Å². The molecular formula is C27H33N3O2. The summed E-state index contributed by atoms with van der Waals surface area (Å²) in [5.74, 6) is -0.138. The van der Waals surface area contributed by atoms with Crippen LogP contribution in [-0.2, 0) is 22.6 Å². The lowest BCUT2D eigenvalue weighted by atomic mass is 9.97. The molecule has 3 rings (SSSR count). The van der Waals surface area contributed by atoms with Gasteiger partial charge in [0.1, 0.15) is 6.04 Å². The molecule has 3 aromatic carbocycles. The fourth-order valence-corrected chi connectivity index (χ4v) is 4.11. The Morgan fingerprint density at radius 3 is 2.28 bits per heavy atom. The van der Waals surface area contributed by atoms with E-state index in [9.17, 15) is 9.59 Å². The Morgan fingerprint density at radius 2 is 1.59 bits per heavy atom. The first kappa shape index (κ1) is 23.5. The fourth-order valence-electron chi connectivity index (χ4n) is 4.11. The molecule has 0 unspecified atom stereocenters. The van der Waals surface area contributed by atoms with Gasteiger partial charge in [-0.3, -0.25) is 9.59 Å². The van der Waals surface area contributed by atoms with E-state index in [1.165, 1.54) is 0 Å². The van der Waals surface area contributed by atoms with Gasteiger partial charge in [-0.15, -0.1) is 0 Å². The summed E-state index contributed by atoms with van der Waals surface area (Å²) < 4.78 is 0. The molecule has 2 amide bonds. The molecule has 3 aromatic rings. The molecule has 0 aromatic heterocycles. The maximum Gasteiger partial charge on any atom is 0.242 e. The number of amides is 2. The van der Waals surface area contributed by atoms with Crippen LogP contribution in [0.4, 0.5) is 0 Å². The molecular weight excluding hydrogens is 398 g/mol. The number of nitrogens with zero attached hydrogens (tertiary/aromatic N) is 1. The summed E-state index contributed by atoms with van der Waals surface area (Å²) in [6.45, 7) is 4.44. The molecule has 0 aliphatic carbocycles. The second-order valence-electron chi connectivity index (χ2n) is 8.66. The van der Waals surface area contributed by atoms with Gasteiger partial charge < -0.3 is 16.0 Å². The number of carbonyl (C=O) groups is 2. The van der Waals surface area contributed by atoms with Gasteiger partial charge >= 0.3 is 0 Å². The summed E-state index contributed by atoms with van der Waals surface area (Å²) in [6, 6.07) is 22.6. The van der Waals surface area contributed by atoms with Crippen LogP contribution >= 0.6 is 0 Å². The van der Waals surface area contributed by atoms with E-state index in [0.717, 1.165) is 21.9 Å². The molecule has 2 atom stereocenters. The van der Waals surface area contributed by atoms with Gasteiger partial charge in [-0.25, -0.2) is 0 Å². The van der Waals surface area contributed by atoms with Crippen LogP contribution in [0.2, 0.25) is 0 Å². The summed E-state index contributed by atoms with van der Waals surface area (Å²) in [5.41, 5.74) is 8.40. The Kier molecular flexibility index (Phi) is 8.01. The molecule has 0 fully saturated rings. The predicted octanol–water partition coefficient (Wildman–Crippen LogP) is 3.90. The summed E-state index contributed by atoms with van der Waals surface area (Å²) in [4.78, 5) is 28.2. The molecule has 5 heteroatoms. The zero-order valence-electron chi connectivity index (χ0n) is 19.1. The van der Waals surface area contributed by atoms with Crippen LogP contribution < -0.4 is 11.1 Å². The number of carbonyl (C=O) groups excluding carboxylic acids is 2. The third kappa shape index (κ3) is 5.74. The van der Waals surface area contributed by atoms with E-state index in [0.29, 0.717) is 19.4 Å². The monoisotopic (exact) mass is 431 g/mol. The molecule has 0 saturated carbocycles. The molecule has 32 heavy (non-hydrogen) atoms. The van der Waals surface area contributed by atoms with E-state index >= 15 is 0 Å². The molecule has 0 saturated heterocycles. The first-order valence-electron chi connectivity index (χ1n) is 11.2. The Bertz CT molecular complexity index is 1040. The smallest absolute Gasteiger partial charge is 0.242 e. The van der Waals surface area contributed by atoms with Crippen molar-refractivity contribution >= 4 is 22.6 Å². The lowest BCUT2D eigenvalue weighted by Gasteiger charge is -2.34. The van der Waals surface area contributed by atoms with Crippen molar-refractivity contribution < 1.29 is 9.59 Å². The zero-order valence-corrected chi connectivity index (χ0v) is 19.1. The van der Waals surface area contributed by atoms with Gasteiger partial charge in [0.25, 0.3) is 0 Å². The highest BCUT2D eigenvalue weighted by Crippen LogP contribution is 2.23. The highest BCUT2D eigenvalue weighted by Gasteiger charge is 2.33. The molecule has 5 nitrogen and oxygen atoms in total. The molecule has 0 bridgehead atoms. The summed E-state index contributed by atoms with van der Waals surface area (Å²) >= 11 is 0. The molecule has 0 radical (unpaired) electrons. The number of hydrogen-bond acceptors (Lipinski definition) is 3. The largest absolute Gasteiger partial charge is 0.357 e. The van der Waals surface area contributed by atoms with Gasteiger partial charge in [0.15, 0.2) is 0 Å². The molecule has 0 aliphatic heterocycles. The van der Waals surface area contributed by atoms with E-state index in [4.69, 9.17) is 5.73 Å². The van der Waals surface area contributed by atoms with Crippen LogP contribution in [0.25, 0.3) is 10.8 Å². The van der Waals surface area contributed by atoms with E-state index in [1.807, 2.05) is 54.6 Å². The minimum absolute atomic E-state index is 0.167. The van der Waals surface area contributed by atoms with Crippen molar-refractivity contribution in [2.45, 2.75) is 45.3 Å². The number of rotatable bonds is 9. The minimum atomic E-state index is -0.730. The maximum atomic E-state index is 13.7. The summed E-state index contributed by atoms with van der Waals surface area (Å²) in [7, 11) is 1.61. The van der Waals surface area contributed by atoms with Crippen molar-refractivity contribution in [3.8, 4) is 0 Å². The average molecular weight is 432 g/mol. The van der Waals surface area contributed by atoms with Crippen LogP contribution in [0.15, 0.2) is 72.8 Å². The Hall–Kier alpha value is -3.18. The Morgan fingerprint density at radius 1 is 0.938 bits per heavy atom. The van der Waals surface area contributed by atoms with E-state index < -0.39 is 12.1 Å². The van der Waals surface area contributed by atoms with Gasteiger partial charge in [-0.2, -0.15) is 0 Å². The van der Waals surface area contributed by atoms with Gasteiger partial charge in [0, 0.05) is 13.6 Å². The SMILES string of the molecule is CNC(=O)[C@H](CC(C)C)N(Cc1cccc2ccccc12)C(=O)[C@@H](N)Cc1ccccc1. The number of benzene rings is 3. The van der Waals surface area contributed by atoms with Crippen LogP contribution in [-0.4, -0.2) is 35.8 Å². The number of nitrogens with one attached hydrogen (secondary N) is 1. The minimum Gasteiger partial charge on any atom is -0.357 e. The number of likely N-dealkylation sites (N-methyl/N-ethyl adjacent to an activating group) is 1. The average Bonchev–Trinajstić information content (AvgIpc) is 2.80. The first-order chi connectivity index (χ1) is 15.4.